The molecule has 2 aromatic carbocycles. The summed E-state index contributed by atoms with van der Waals surface area (Å²) in [5.74, 6) is 1.00. The lowest BCUT2D eigenvalue weighted by atomic mass is 10.1. The molecule has 1 amide bonds. The van der Waals surface area contributed by atoms with Gasteiger partial charge in [-0.3, -0.25) is 4.79 Å². The number of amides is 1. The molecule has 0 spiro atoms. The summed E-state index contributed by atoms with van der Waals surface area (Å²) < 4.78 is 28.0. The van der Waals surface area contributed by atoms with Gasteiger partial charge in [0.25, 0.3) is 0 Å². The first kappa shape index (κ1) is 21.7. The Labute approximate surface area is 175 Å². The Balaban J connectivity index is 1.52. The number of nitrogens with two attached hydrogens (primary N) is 1. The van der Waals surface area contributed by atoms with Crippen LogP contribution in [0.2, 0.25) is 0 Å². The number of nitrogens with zero attached hydrogens (tertiary/aromatic N) is 3. The molecule has 9 heteroatoms. The molecule has 0 aliphatic rings. The molecule has 0 radical (unpaired) electrons. The molecule has 0 aliphatic heterocycles. The Morgan fingerprint density at radius 2 is 1.80 bits per heavy atom. The van der Waals surface area contributed by atoms with Crippen molar-refractivity contribution in [2.75, 3.05) is 7.05 Å². The summed E-state index contributed by atoms with van der Waals surface area (Å²) in [7, 11) is -2.01. The summed E-state index contributed by atoms with van der Waals surface area (Å²) in [5.41, 5.74) is 1.70. The van der Waals surface area contributed by atoms with Crippen LogP contribution in [0.5, 0.6) is 0 Å². The molecular formula is C21H24N4O4S. The van der Waals surface area contributed by atoms with Gasteiger partial charge in [0.05, 0.1) is 10.9 Å². The lowest BCUT2D eigenvalue weighted by molar-refractivity contribution is -0.131. The highest BCUT2D eigenvalue weighted by atomic mass is 32.2. The van der Waals surface area contributed by atoms with Crippen LogP contribution in [-0.4, -0.2) is 36.4 Å². The first-order valence-corrected chi connectivity index (χ1v) is 11.1. The topological polar surface area (TPSA) is 119 Å². The molecule has 3 rings (SSSR count). The van der Waals surface area contributed by atoms with E-state index < -0.39 is 10.0 Å². The SMILES string of the molecule is C[C@H](c1ccc(S(N)(=O)=O)cc1)N(C)C(=O)CCCc1nc(-c2ccccc2)no1. The molecule has 1 atom stereocenters. The minimum absolute atomic E-state index is 0.0270. The number of carbonyl (C=O) groups excluding carboxylic acids is 1. The third-order valence-electron chi connectivity index (χ3n) is 4.95. The Bertz CT molecular complexity index is 1100. The minimum Gasteiger partial charge on any atom is -0.339 e. The lowest BCUT2D eigenvalue weighted by Crippen LogP contribution is -2.29. The fourth-order valence-corrected chi connectivity index (χ4v) is 3.52. The zero-order valence-electron chi connectivity index (χ0n) is 16.9. The highest BCUT2D eigenvalue weighted by Crippen LogP contribution is 2.22. The van der Waals surface area contributed by atoms with E-state index in [-0.39, 0.29) is 16.8 Å². The van der Waals surface area contributed by atoms with Gasteiger partial charge in [-0.2, -0.15) is 4.98 Å². The summed E-state index contributed by atoms with van der Waals surface area (Å²) in [4.78, 5) is 18.6. The number of aromatic nitrogens is 2. The second-order valence-electron chi connectivity index (χ2n) is 7.03. The molecule has 158 valence electrons. The van der Waals surface area contributed by atoms with E-state index in [1.807, 2.05) is 37.3 Å². The van der Waals surface area contributed by atoms with Crippen LogP contribution in [0.4, 0.5) is 0 Å². The summed E-state index contributed by atoms with van der Waals surface area (Å²) >= 11 is 0. The van der Waals surface area contributed by atoms with E-state index in [1.165, 1.54) is 12.1 Å². The maximum Gasteiger partial charge on any atom is 0.238 e. The maximum absolute atomic E-state index is 12.5. The van der Waals surface area contributed by atoms with E-state index in [1.54, 1.807) is 24.1 Å². The molecule has 0 aliphatic carbocycles. The number of aryl methyl sites for hydroxylation is 1. The molecule has 30 heavy (non-hydrogen) atoms. The van der Waals surface area contributed by atoms with Gasteiger partial charge in [0.15, 0.2) is 0 Å². The van der Waals surface area contributed by atoms with Crippen molar-refractivity contribution < 1.29 is 17.7 Å². The second-order valence-corrected chi connectivity index (χ2v) is 8.59. The van der Waals surface area contributed by atoms with Gasteiger partial charge in [-0.05, 0) is 31.0 Å². The maximum atomic E-state index is 12.5. The van der Waals surface area contributed by atoms with E-state index in [0.29, 0.717) is 31.0 Å². The van der Waals surface area contributed by atoms with Crippen molar-refractivity contribution in [3.8, 4) is 11.4 Å². The Morgan fingerprint density at radius 3 is 2.43 bits per heavy atom. The monoisotopic (exact) mass is 428 g/mol. The van der Waals surface area contributed by atoms with Gasteiger partial charge >= 0.3 is 0 Å². The predicted octanol–water partition coefficient (Wildman–Crippen LogP) is 2.93. The molecule has 2 N–H and O–H groups in total. The van der Waals surface area contributed by atoms with Crippen molar-refractivity contribution >= 4 is 15.9 Å². The molecule has 0 bridgehead atoms. The van der Waals surface area contributed by atoms with Crippen LogP contribution in [0, 0.1) is 0 Å². The van der Waals surface area contributed by atoms with Crippen molar-refractivity contribution in [3.05, 3.63) is 66.1 Å². The van der Waals surface area contributed by atoms with E-state index in [4.69, 9.17) is 9.66 Å². The summed E-state index contributed by atoms with van der Waals surface area (Å²) in [6.07, 6.45) is 1.42. The standard InChI is InChI=1S/C21H24N4O4S/c1-15(16-11-13-18(14-12-16)30(22,27)28)25(2)20(26)10-6-9-19-23-21(24-29-19)17-7-4-3-5-8-17/h3-5,7-8,11-15H,6,9-10H2,1-2H3,(H2,22,27,28)/t15-/m1/s1. The van der Waals surface area contributed by atoms with Crippen molar-refractivity contribution in [2.24, 2.45) is 5.14 Å². The number of hydrogen-bond donors (Lipinski definition) is 1. The van der Waals surface area contributed by atoms with Gasteiger partial charge in [0.2, 0.25) is 27.6 Å². The molecule has 0 saturated carbocycles. The van der Waals surface area contributed by atoms with Crippen molar-refractivity contribution in [1.82, 2.24) is 15.0 Å². The van der Waals surface area contributed by atoms with Crippen LogP contribution in [0.15, 0.2) is 64.0 Å². The van der Waals surface area contributed by atoms with Gasteiger partial charge in [-0.25, -0.2) is 13.6 Å². The fraction of sp³-hybridized carbons (Fsp3) is 0.286. The zero-order valence-corrected chi connectivity index (χ0v) is 17.7. The Kier molecular flexibility index (Phi) is 6.63. The quantitative estimate of drug-likeness (QED) is 0.589. The average Bonchev–Trinajstić information content (AvgIpc) is 3.21. The lowest BCUT2D eigenvalue weighted by Gasteiger charge is -2.25. The molecular weight excluding hydrogens is 404 g/mol. The van der Waals surface area contributed by atoms with Gasteiger partial charge < -0.3 is 9.42 Å². The average molecular weight is 429 g/mol. The molecule has 0 fully saturated rings. The van der Waals surface area contributed by atoms with Crippen LogP contribution in [-0.2, 0) is 21.2 Å². The highest BCUT2D eigenvalue weighted by Gasteiger charge is 2.18. The number of rotatable bonds is 8. The number of sulfonamides is 1. The number of benzene rings is 2. The second kappa shape index (κ2) is 9.19. The van der Waals surface area contributed by atoms with Crippen LogP contribution < -0.4 is 5.14 Å². The third kappa shape index (κ3) is 5.31. The van der Waals surface area contributed by atoms with Crippen molar-refractivity contribution in [1.29, 1.82) is 0 Å². The van der Waals surface area contributed by atoms with E-state index in [9.17, 15) is 13.2 Å². The zero-order chi connectivity index (χ0) is 21.7. The number of primary sulfonamides is 1. The van der Waals surface area contributed by atoms with Gasteiger partial charge in [-0.15, -0.1) is 0 Å². The normalized spacial score (nSPS) is 12.5. The molecule has 0 unspecified atom stereocenters. The molecule has 3 aromatic rings. The third-order valence-corrected chi connectivity index (χ3v) is 5.88. The fourth-order valence-electron chi connectivity index (χ4n) is 3.00. The molecule has 1 heterocycles. The van der Waals surface area contributed by atoms with Crippen LogP contribution in [0.1, 0.15) is 37.3 Å². The summed E-state index contributed by atoms with van der Waals surface area (Å²) in [6, 6.07) is 15.6. The van der Waals surface area contributed by atoms with Crippen LogP contribution in [0.25, 0.3) is 11.4 Å². The molecule has 8 nitrogen and oxygen atoms in total. The number of hydrogen-bond acceptors (Lipinski definition) is 6. The Morgan fingerprint density at radius 1 is 1.13 bits per heavy atom. The first-order chi connectivity index (χ1) is 14.3. The Hall–Kier alpha value is -3.04. The van der Waals surface area contributed by atoms with Gasteiger partial charge in [-0.1, -0.05) is 47.6 Å². The van der Waals surface area contributed by atoms with Gasteiger partial charge in [0, 0.05) is 25.5 Å². The molecule has 0 saturated heterocycles. The van der Waals surface area contributed by atoms with E-state index in [0.717, 1.165) is 11.1 Å². The highest BCUT2D eigenvalue weighted by molar-refractivity contribution is 7.89. The first-order valence-electron chi connectivity index (χ1n) is 9.52. The summed E-state index contributed by atoms with van der Waals surface area (Å²) in [5, 5.41) is 9.10. The minimum atomic E-state index is -3.74. The van der Waals surface area contributed by atoms with Crippen LogP contribution >= 0.6 is 0 Å². The van der Waals surface area contributed by atoms with E-state index >= 15 is 0 Å². The summed E-state index contributed by atoms with van der Waals surface area (Å²) in [6.45, 7) is 1.88. The van der Waals surface area contributed by atoms with Crippen molar-refractivity contribution in [3.63, 3.8) is 0 Å². The predicted molar refractivity (Wildman–Crippen MR) is 112 cm³/mol. The van der Waals surface area contributed by atoms with Crippen LogP contribution in [0.3, 0.4) is 0 Å². The van der Waals surface area contributed by atoms with Crippen molar-refractivity contribution in [2.45, 2.75) is 37.1 Å². The van der Waals surface area contributed by atoms with Gasteiger partial charge in [0.1, 0.15) is 0 Å². The largest absolute Gasteiger partial charge is 0.339 e. The number of carbonyl (C=O) groups is 1. The smallest absolute Gasteiger partial charge is 0.238 e. The molecule has 1 aromatic heterocycles. The van der Waals surface area contributed by atoms with E-state index in [2.05, 4.69) is 10.1 Å².